The van der Waals surface area contributed by atoms with Crippen LogP contribution in [-0.2, 0) is 4.74 Å². The van der Waals surface area contributed by atoms with Gasteiger partial charge in [0.15, 0.2) is 5.11 Å². The van der Waals surface area contributed by atoms with Crippen molar-refractivity contribution >= 4 is 34.7 Å². The predicted molar refractivity (Wildman–Crippen MR) is 120 cm³/mol. The van der Waals surface area contributed by atoms with E-state index in [0.29, 0.717) is 17.3 Å². The highest BCUT2D eigenvalue weighted by molar-refractivity contribution is 7.80. The summed E-state index contributed by atoms with van der Waals surface area (Å²) in [7, 11) is 0. The molecule has 0 fully saturated rings. The third kappa shape index (κ3) is 6.94. The second-order valence-electron chi connectivity index (χ2n) is 6.70. The van der Waals surface area contributed by atoms with Crippen LogP contribution in [0.25, 0.3) is 0 Å². The molecule has 0 saturated heterocycles. The van der Waals surface area contributed by atoms with E-state index in [-0.39, 0.29) is 5.97 Å². The average molecular weight is 400 g/mol. The number of hydrogen-bond acceptors (Lipinski definition) is 4. The highest BCUT2D eigenvalue weighted by atomic mass is 32.1. The molecular weight excluding hydrogens is 370 g/mol. The zero-order valence-corrected chi connectivity index (χ0v) is 17.9. The number of esters is 1. The van der Waals surface area contributed by atoms with Gasteiger partial charge in [0.2, 0.25) is 0 Å². The molecule has 5 nitrogen and oxygen atoms in total. The van der Waals surface area contributed by atoms with Crippen LogP contribution >= 0.6 is 12.2 Å². The Balaban J connectivity index is 1.86. The lowest BCUT2D eigenvalue weighted by Crippen LogP contribution is -2.27. The summed E-state index contributed by atoms with van der Waals surface area (Å²) in [6.07, 6.45) is 0. The smallest absolute Gasteiger partial charge is 0.338 e. The van der Waals surface area contributed by atoms with E-state index in [1.807, 2.05) is 24.3 Å². The molecule has 0 heterocycles. The number of likely N-dealkylation sites (N-methyl/N-ethyl adjacent to an activating group) is 1. The summed E-state index contributed by atoms with van der Waals surface area (Å²) in [6, 6.07) is 13.3. The van der Waals surface area contributed by atoms with Crippen molar-refractivity contribution in [2.45, 2.75) is 27.7 Å². The lowest BCUT2D eigenvalue weighted by atomic mass is 10.1. The molecule has 0 aromatic heterocycles. The highest BCUT2D eigenvalue weighted by Crippen LogP contribution is 2.15. The van der Waals surface area contributed by atoms with Crippen LogP contribution in [0.4, 0.5) is 11.4 Å². The van der Waals surface area contributed by atoms with Crippen LogP contribution in [0.2, 0.25) is 0 Å². The Hall–Kier alpha value is -2.44. The van der Waals surface area contributed by atoms with E-state index >= 15 is 0 Å². The normalized spacial score (nSPS) is 10.6. The van der Waals surface area contributed by atoms with Gasteiger partial charge >= 0.3 is 5.97 Å². The van der Waals surface area contributed by atoms with Crippen LogP contribution < -0.4 is 10.6 Å². The van der Waals surface area contributed by atoms with Crippen molar-refractivity contribution in [1.29, 1.82) is 0 Å². The number of rotatable bonds is 8. The first-order chi connectivity index (χ1) is 13.4. The fourth-order valence-corrected chi connectivity index (χ4v) is 3.16. The number of anilines is 2. The van der Waals surface area contributed by atoms with Crippen molar-refractivity contribution in [2.75, 3.05) is 36.9 Å². The number of ether oxygens (including phenoxy) is 1. The molecule has 2 aromatic rings. The monoisotopic (exact) mass is 399 g/mol. The summed E-state index contributed by atoms with van der Waals surface area (Å²) in [5, 5.41) is 6.81. The fourth-order valence-electron chi connectivity index (χ4n) is 2.92. The van der Waals surface area contributed by atoms with Gasteiger partial charge < -0.3 is 20.3 Å². The minimum atomic E-state index is -0.311. The summed E-state index contributed by atoms with van der Waals surface area (Å²) in [4.78, 5) is 14.4. The Bertz CT molecular complexity index is 782. The molecule has 0 bridgehead atoms. The minimum absolute atomic E-state index is 0.311. The van der Waals surface area contributed by atoms with Crippen LogP contribution in [0, 0.1) is 13.8 Å². The Morgan fingerprint density at radius 3 is 2.11 bits per heavy atom. The molecule has 2 N–H and O–H groups in total. The average Bonchev–Trinajstić information content (AvgIpc) is 2.64. The van der Waals surface area contributed by atoms with E-state index < -0.39 is 0 Å². The van der Waals surface area contributed by atoms with Crippen molar-refractivity contribution in [3.05, 3.63) is 59.2 Å². The van der Waals surface area contributed by atoms with Crippen molar-refractivity contribution in [2.24, 2.45) is 0 Å². The maximum Gasteiger partial charge on any atom is 0.338 e. The summed E-state index contributed by atoms with van der Waals surface area (Å²) >= 11 is 5.38. The maximum absolute atomic E-state index is 12.1. The van der Waals surface area contributed by atoms with Gasteiger partial charge in [0.05, 0.1) is 5.56 Å². The number of carbonyl (C=O) groups is 1. The molecule has 0 amide bonds. The highest BCUT2D eigenvalue weighted by Gasteiger charge is 2.08. The Labute approximate surface area is 173 Å². The summed E-state index contributed by atoms with van der Waals surface area (Å²) in [6.45, 7) is 11.3. The Morgan fingerprint density at radius 1 is 0.964 bits per heavy atom. The molecule has 2 rings (SSSR count). The first-order valence-corrected chi connectivity index (χ1v) is 9.98. The van der Waals surface area contributed by atoms with Gasteiger partial charge in [-0.15, -0.1) is 0 Å². The maximum atomic E-state index is 12.1. The number of thiocarbonyl (C=S) groups is 1. The van der Waals surface area contributed by atoms with E-state index in [4.69, 9.17) is 17.0 Å². The van der Waals surface area contributed by atoms with Crippen LogP contribution in [-0.4, -0.2) is 42.2 Å². The first-order valence-electron chi connectivity index (χ1n) is 9.57. The van der Waals surface area contributed by atoms with Gasteiger partial charge in [-0.05, 0) is 86.7 Å². The lowest BCUT2D eigenvalue weighted by Gasteiger charge is -2.17. The molecule has 0 saturated carbocycles. The summed E-state index contributed by atoms with van der Waals surface area (Å²) in [5.74, 6) is -0.311. The first kappa shape index (κ1) is 21.9. The number of nitrogens with one attached hydrogen (secondary N) is 2. The quantitative estimate of drug-likeness (QED) is 0.499. The van der Waals surface area contributed by atoms with Gasteiger partial charge in [0.1, 0.15) is 6.61 Å². The SMILES string of the molecule is CCN(CC)CCOC(=O)c1ccc(NC(=S)Nc2cc(C)cc(C)c2)cc1. The Morgan fingerprint density at radius 2 is 1.54 bits per heavy atom. The standard InChI is InChI=1S/C22H29N3O2S/c1-5-25(6-2)11-12-27-21(26)18-7-9-19(10-8-18)23-22(28)24-20-14-16(3)13-17(4)15-20/h7-10,13-15H,5-6,11-12H2,1-4H3,(H2,23,24,28). The Kier molecular flexibility index (Phi) is 8.42. The molecular formula is C22H29N3O2S. The summed E-state index contributed by atoms with van der Waals surface area (Å²) < 4.78 is 5.35. The molecule has 0 atom stereocenters. The molecule has 28 heavy (non-hydrogen) atoms. The van der Waals surface area contributed by atoms with E-state index in [0.717, 1.165) is 31.0 Å². The third-order valence-electron chi connectivity index (χ3n) is 4.39. The molecule has 0 aliphatic rings. The predicted octanol–water partition coefficient (Wildman–Crippen LogP) is 4.61. The van der Waals surface area contributed by atoms with Crippen LogP contribution in [0.5, 0.6) is 0 Å². The van der Waals surface area contributed by atoms with Crippen molar-refractivity contribution in [1.82, 2.24) is 4.90 Å². The van der Waals surface area contributed by atoms with E-state index in [2.05, 4.69) is 49.3 Å². The van der Waals surface area contributed by atoms with Crippen LogP contribution in [0.15, 0.2) is 42.5 Å². The van der Waals surface area contributed by atoms with E-state index in [1.54, 1.807) is 12.1 Å². The molecule has 150 valence electrons. The zero-order chi connectivity index (χ0) is 20.5. The second kappa shape index (κ2) is 10.8. The summed E-state index contributed by atoms with van der Waals surface area (Å²) in [5.41, 5.74) is 4.63. The molecule has 6 heteroatoms. The van der Waals surface area contributed by atoms with Gasteiger partial charge in [-0.1, -0.05) is 19.9 Å². The number of benzene rings is 2. The molecule has 0 unspecified atom stereocenters. The third-order valence-corrected chi connectivity index (χ3v) is 4.60. The van der Waals surface area contributed by atoms with Gasteiger partial charge in [-0.25, -0.2) is 4.79 Å². The van der Waals surface area contributed by atoms with Gasteiger partial charge in [-0.3, -0.25) is 0 Å². The van der Waals surface area contributed by atoms with Gasteiger partial charge in [-0.2, -0.15) is 0 Å². The van der Waals surface area contributed by atoms with E-state index in [1.165, 1.54) is 11.1 Å². The zero-order valence-electron chi connectivity index (χ0n) is 17.0. The number of nitrogens with zero attached hydrogens (tertiary/aromatic N) is 1. The molecule has 2 aromatic carbocycles. The molecule has 0 aliphatic carbocycles. The van der Waals surface area contributed by atoms with Gasteiger partial charge in [0.25, 0.3) is 0 Å². The fraction of sp³-hybridized carbons (Fsp3) is 0.364. The molecule has 0 aliphatic heterocycles. The van der Waals surface area contributed by atoms with Crippen molar-refractivity contribution in [3.8, 4) is 0 Å². The van der Waals surface area contributed by atoms with Crippen LogP contribution in [0.3, 0.4) is 0 Å². The molecule has 0 radical (unpaired) electrons. The number of carbonyl (C=O) groups excluding carboxylic acids is 1. The van der Waals surface area contributed by atoms with E-state index in [9.17, 15) is 4.79 Å². The number of hydrogen-bond donors (Lipinski definition) is 2. The van der Waals surface area contributed by atoms with Crippen molar-refractivity contribution in [3.63, 3.8) is 0 Å². The van der Waals surface area contributed by atoms with Gasteiger partial charge in [0, 0.05) is 17.9 Å². The topological polar surface area (TPSA) is 53.6 Å². The minimum Gasteiger partial charge on any atom is -0.461 e. The largest absolute Gasteiger partial charge is 0.461 e. The lowest BCUT2D eigenvalue weighted by molar-refractivity contribution is 0.0466. The molecule has 0 spiro atoms. The number of aryl methyl sites for hydroxylation is 2. The van der Waals surface area contributed by atoms with Crippen LogP contribution in [0.1, 0.15) is 35.3 Å². The second-order valence-corrected chi connectivity index (χ2v) is 7.10. The van der Waals surface area contributed by atoms with Crippen molar-refractivity contribution < 1.29 is 9.53 Å².